The van der Waals surface area contributed by atoms with Crippen LogP contribution in [0.5, 0.6) is 5.75 Å². The van der Waals surface area contributed by atoms with E-state index < -0.39 is 5.97 Å². The predicted octanol–water partition coefficient (Wildman–Crippen LogP) is 3.01. The number of aromatic nitrogens is 1. The van der Waals surface area contributed by atoms with E-state index in [4.69, 9.17) is 4.74 Å². The van der Waals surface area contributed by atoms with E-state index in [1.807, 2.05) is 12.1 Å². The van der Waals surface area contributed by atoms with Gasteiger partial charge in [0.1, 0.15) is 11.4 Å². The number of hydrogen-bond acceptors (Lipinski definition) is 2. The highest BCUT2D eigenvalue weighted by molar-refractivity contribution is 5.98. The molecule has 2 aromatic rings. The van der Waals surface area contributed by atoms with Gasteiger partial charge in [-0.3, -0.25) is 0 Å². The van der Waals surface area contributed by atoms with Crippen molar-refractivity contribution >= 4 is 16.9 Å². The number of carbonyl (C=O) groups is 1. The quantitative estimate of drug-likeness (QED) is 0.907. The molecule has 0 aliphatic heterocycles. The van der Waals surface area contributed by atoms with Gasteiger partial charge in [-0.2, -0.15) is 0 Å². The highest BCUT2D eigenvalue weighted by Gasteiger charge is 2.18. The molecule has 18 heavy (non-hydrogen) atoms. The number of carboxylic acids is 1. The van der Waals surface area contributed by atoms with E-state index in [2.05, 4.69) is 13.8 Å². The molecule has 1 N–H and O–H groups in total. The lowest BCUT2D eigenvalue weighted by molar-refractivity contribution is 0.0687. The molecule has 0 atom stereocenters. The summed E-state index contributed by atoms with van der Waals surface area (Å²) in [5.41, 5.74) is 2.24. The van der Waals surface area contributed by atoms with Crippen molar-refractivity contribution in [3.05, 3.63) is 29.5 Å². The number of hydrogen-bond donors (Lipinski definition) is 1. The Morgan fingerprint density at radius 2 is 2.06 bits per heavy atom. The molecule has 0 fully saturated rings. The summed E-state index contributed by atoms with van der Waals surface area (Å²) in [6.45, 7) is 4.18. The minimum absolute atomic E-state index is 0.274. The van der Waals surface area contributed by atoms with Crippen molar-refractivity contribution in [2.45, 2.75) is 19.8 Å². The standard InChI is InChI=1S/C14H17NO3/c1-8(2)9-5-6-12(18-4)13-10(9)7-11(14(16)17)15(13)3/h5-8H,1-4H3,(H,16,17). The zero-order valence-electron chi connectivity index (χ0n) is 11.0. The third-order valence-electron chi connectivity index (χ3n) is 3.25. The second-order valence-electron chi connectivity index (χ2n) is 4.67. The Bertz CT molecular complexity index is 611. The predicted molar refractivity (Wildman–Crippen MR) is 70.5 cm³/mol. The first kappa shape index (κ1) is 12.5. The maximum absolute atomic E-state index is 11.2. The smallest absolute Gasteiger partial charge is 0.352 e. The maximum atomic E-state index is 11.2. The van der Waals surface area contributed by atoms with Crippen molar-refractivity contribution in [2.24, 2.45) is 7.05 Å². The molecule has 0 amide bonds. The number of ether oxygens (including phenoxy) is 1. The summed E-state index contributed by atoms with van der Waals surface area (Å²) in [4.78, 5) is 11.2. The fourth-order valence-electron chi connectivity index (χ4n) is 2.33. The van der Waals surface area contributed by atoms with E-state index in [9.17, 15) is 9.90 Å². The van der Waals surface area contributed by atoms with Gasteiger partial charge in [0.2, 0.25) is 0 Å². The Hall–Kier alpha value is -1.97. The van der Waals surface area contributed by atoms with E-state index in [1.54, 1.807) is 24.8 Å². The van der Waals surface area contributed by atoms with Gasteiger partial charge in [-0.05, 0) is 23.6 Å². The van der Waals surface area contributed by atoms with Crippen LogP contribution in [-0.4, -0.2) is 22.8 Å². The van der Waals surface area contributed by atoms with Crippen LogP contribution in [0.4, 0.5) is 0 Å². The van der Waals surface area contributed by atoms with Gasteiger partial charge in [-0.25, -0.2) is 4.79 Å². The number of fused-ring (bicyclic) bond motifs is 1. The molecule has 4 heteroatoms. The van der Waals surface area contributed by atoms with Crippen molar-refractivity contribution in [1.29, 1.82) is 0 Å². The van der Waals surface area contributed by atoms with Gasteiger partial charge >= 0.3 is 5.97 Å². The normalized spacial score (nSPS) is 11.2. The summed E-state index contributed by atoms with van der Waals surface area (Å²) in [6, 6.07) is 5.61. The molecule has 1 aromatic heterocycles. The molecule has 0 unspecified atom stereocenters. The molecule has 0 saturated carbocycles. The Balaban J connectivity index is 2.88. The number of carboxylic acid groups (broad SMARTS) is 1. The molecule has 0 radical (unpaired) electrons. The van der Waals surface area contributed by atoms with Crippen LogP contribution >= 0.6 is 0 Å². The van der Waals surface area contributed by atoms with Gasteiger partial charge in [-0.1, -0.05) is 19.9 Å². The summed E-state index contributed by atoms with van der Waals surface area (Å²) >= 11 is 0. The molecule has 0 aliphatic carbocycles. The number of rotatable bonds is 3. The maximum Gasteiger partial charge on any atom is 0.352 e. The monoisotopic (exact) mass is 247 g/mol. The molecular formula is C14H17NO3. The Labute approximate surface area is 106 Å². The van der Waals surface area contributed by atoms with Crippen LogP contribution in [0.25, 0.3) is 10.9 Å². The van der Waals surface area contributed by atoms with Gasteiger partial charge in [0.15, 0.2) is 0 Å². The van der Waals surface area contributed by atoms with Crippen LogP contribution in [0.3, 0.4) is 0 Å². The van der Waals surface area contributed by atoms with Gasteiger partial charge in [0.25, 0.3) is 0 Å². The molecular weight excluding hydrogens is 230 g/mol. The van der Waals surface area contributed by atoms with Crippen LogP contribution < -0.4 is 4.74 Å². The molecule has 2 rings (SSSR count). The van der Waals surface area contributed by atoms with Crippen LogP contribution in [0, 0.1) is 0 Å². The second kappa shape index (κ2) is 4.37. The minimum Gasteiger partial charge on any atom is -0.495 e. The van der Waals surface area contributed by atoms with Crippen molar-refractivity contribution in [3.8, 4) is 5.75 Å². The van der Waals surface area contributed by atoms with Gasteiger partial charge in [0, 0.05) is 12.4 Å². The van der Waals surface area contributed by atoms with E-state index in [-0.39, 0.29) is 5.69 Å². The van der Waals surface area contributed by atoms with E-state index >= 15 is 0 Å². The van der Waals surface area contributed by atoms with E-state index in [0.717, 1.165) is 16.5 Å². The summed E-state index contributed by atoms with van der Waals surface area (Å²) in [5.74, 6) is 0.109. The minimum atomic E-state index is -0.926. The van der Waals surface area contributed by atoms with Gasteiger partial charge in [-0.15, -0.1) is 0 Å². The van der Waals surface area contributed by atoms with Crippen molar-refractivity contribution in [3.63, 3.8) is 0 Å². The summed E-state index contributed by atoms with van der Waals surface area (Å²) < 4.78 is 6.99. The third-order valence-corrected chi connectivity index (χ3v) is 3.25. The van der Waals surface area contributed by atoms with Crippen LogP contribution in [0.2, 0.25) is 0 Å². The first-order valence-corrected chi connectivity index (χ1v) is 5.87. The van der Waals surface area contributed by atoms with Gasteiger partial charge < -0.3 is 14.4 Å². The van der Waals surface area contributed by atoms with Crippen molar-refractivity contribution in [1.82, 2.24) is 4.57 Å². The number of nitrogens with zero attached hydrogens (tertiary/aromatic N) is 1. The summed E-state index contributed by atoms with van der Waals surface area (Å²) in [5, 5.41) is 10.1. The number of benzene rings is 1. The Morgan fingerprint density at radius 1 is 1.39 bits per heavy atom. The molecule has 1 heterocycles. The lowest BCUT2D eigenvalue weighted by Crippen LogP contribution is -2.04. The molecule has 0 bridgehead atoms. The molecule has 0 aliphatic rings. The number of aryl methyl sites for hydroxylation is 1. The fourth-order valence-corrected chi connectivity index (χ4v) is 2.33. The lowest BCUT2D eigenvalue weighted by atomic mass is 9.99. The van der Waals surface area contributed by atoms with E-state index in [1.165, 1.54) is 0 Å². The number of aromatic carboxylic acids is 1. The molecule has 96 valence electrons. The van der Waals surface area contributed by atoms with Gasteiger partial charge in [0.05, 0.1) is 12.6 Å². The zero-order valence-corrected chi connectivity index (χ0v) is 11.0. The lowest BCUT2D eigenvalue weighted by Gasteiger charge is -2.11. The second-order valence-corrected chi connectivity index (χ2v) is 4.67. The average Bonchev–Trinajstić information content (AvgIpc) is 2.66. The average molecular weight is 247 g/mol. The highest BCUT2D eigenvalue weighted by Crippen LogP contribution is 2.34. The van der Waals surface area contributed by atoms with Crippen LogP contribution in [-0.2, 0) is 7.05 Å². The van der Waals surface area contributed by atoms with E-state index in [0.29, 0.717) is 11.7 Å². The Kier molecular flexibility index (Phi) is 3.03. The summed E-state index contributed by atoms with van der Waals surface area (Å²) in [7, 11) is 3.34. The number of methoxy groups -OCH3 is 1. The van der Waals surface area contributed by atoms with Crippen molar-refractivity contribution in [2.75, 3.05) is 7.11 Å². The van der Waals surface area contributed by atoms with Crippen LogP contribution in [0.15, 0.2) is 18.2 Å². The molecule has 0 spiro atoms. The SMILES string of the molecule is COc1ccc(C(C)C)c2cc(C(=O)O)n(C)c12. The zero-order chi connectivity index (χ0) is 13.4. The first-order valence-electron chi connectivity index (χ1n) is 5.87. The third kappa shape index (κ3) is 1.74. The first-order chi connectivity index (χ1) is 8.47. The molecule has 0 saturated heterocycles. The Morgan fingerprint density at radius 3 is 2.56 bits per heavy atom. The topological polar surface area (TPSA) is 51.5 Å². The van der Waals surface area contributed by atoms with Crippen LogP contribution in [0.1, 0.15) is 35.8 Å². The van der Waals surface area contributed by atoms with Crippen molar-refractivity contribution < 1.29 is 14.6 Å². The fraction of sp³-hybridized carbons (Fsp3) is 0.357. The highest BCUT2D eigenvalue weighted by atomic mass is 16.5. The molecule has 1 aromatic carbocycles. The molecule has 4 nitrogen and oxygen atoms in total. The summed E-state index contributed by atoms with van der Waals surface area (Å²) in [6.07, 6.45) is 0. The largest absolute Gasteiger partial charge is 0.495 e.